The molecule has 1 aromatic carbocycles. The van der Waals surface area contributed by atoms with Crippen LogP contribution in [0.5, 0.6) is 0 Å². The van der Waals surface area contributed by atoms with Crippen LogP contribution in [0, 0.1) is 0 Å². The van der Waals surface area contributed by atoms with Crippen molar-refractivity contribution >= 4 is 51.3 Å². The van der Waals surface area contributed by atoms with Gasteiger partial charge in [0.1, 0.15) is 12.2 Å². The van der Waals surface area contributed by atoms with Crippen molar-refractivity contribution in [2.24, 2.45) is 7.05 Å². The number of carbonyl (C=O) groups excluding carboxylic acids is 1. The largest absolute Gasteiger partial charge is 0.353 e. The fraction of sp³-hybridized carbons (Fsp3) is 0.312. The number of carbonyl (C=O) groups is 1. The van der Waals surface area contributed by atoms with E-state index in [1.165, 1.54) is 24.5 Å². The fourth-order valence-electron chi connectivity index (χ4n) is 2.72. The second-order valence-corrected chi connectivity index (χ2v) is 9.10. The maximum absolute atomic E-state index is 14.0. The molecule has 7 nitrogen and oxygen atoms in total. The van der Waals surface area contributed by atoms with Gasteiger partial charge in [0.25, 0.3) is 13.9 Å². The Morgan fingerprint density at radius 2 is 2.21 bits per heavy atom. The highest BCUT2D eigenvalue weighted by molar-refractivity contribution is 9.10. The van der Waals surface area contributed by atoms with Gasteiger partial charge in [0.2, 0.25) is 0 Å². The molecule has 2 heterocycles. The van der Waals surface area contributed by atoms with E-state index in [-0.39, 0.29) is 22.0 Å². The van der Waals surface area contributed by atoms with Gasteiger partial charge in [0, 0.05) is 27.2 Å². The summed E-state index contributed by atoms with van der Waals surface area (Å²) >= 11 is 3.80. The van der Waals surface area contributed by atoms with Gasteiger partial charge in [-0.2, -0.15) is 13.9 Å². The summed E-state index contributed by atoms with van der Waals surface area (Å²) in [6, 6.07) is 4.18. The maximum atomic E-state index is 14.0. The number of fused-ring (bicyclic) bond motifs is 1. The van der Waals surface area contributed by atoms with Crippen molar-refractivity contribution in [3.8, 4) is 0 Å². The molecule has 2 N–H and O–H groups in total. The van der Waals surface area contributed by atoms with Gasteiger partial charge in [-0.1, -0.05) is 6.92 Å². The van der Waals surface area contributed by atoms with Crippen LogP contribution in [0.2, 0.25) is 0 Å². The van der Waals surface area contributed by atoms with Crippen molar-refractivity contribution in [1.29, 1.82) is 0 Å². The summed E-state index contributed by atoms with van der Waals surface area (Å²) in [5, 5.41) is 7.23. The Morgan fingerprint density at radius 1 is 1.50 bits per heavy atom. The standard InChI is InChI=1S/C16H16BrF2N4O3PS/c1-3-10(14-20-7-21-23(14)2)22-15(24)8-4-5-11-9(6-8)12(17)13(28-11)16(18,19)27(25)26/h4-7,10,27H,3H2,1-2H3,(H,22,24)(H,25,26). The van der Waals surface area contributed by atoms with E-state index in [1.54, 1.807) is 11.7 Å². The summed E-state index contributed by atoms with van der Waals surface area (Å²) < 4.78 is 41.2. The second kappa shape index (κ2) is 7.98. The lowest BCUT2D eigenvalue weighted by Gasteiger charge is -2.16. The summed E-state index contributed by atoms with van der Waals surface area (Å²) in [5.41, 5.74) is -3.56. The number of alkyl halides is 2. The molecule has 0 bridgehead atoms. The number of hydrogen-bond acceptors (Lipinski definition) is 5. The van der Waals surface area contributed by atoms with Gasteiger partial charge >= 0.3 is 5.66 Å². The number of benzene rings is 1. The van der Waals surface area contributed by atoms with Gasteiger partial charge in [0.15, 0.2) is 0 Å². The summed E-state index contributed by atoms with van der Waals surface area (Å²) in [6.45, 7) is 1.89. The Morgan fingerprint density at radius 3 is 2.79 bits per heavy atom. The van der Waals surface area contributed by atoms with Crippen molar-refractivity contribution in [2.75, 3.05) is 0 Å². The highest BCUT2D eigenvalue weighted by atomic mass is 79.9. The van der Waals surface area contributed by atoms with E-state index in [0.717, 1.165) is 0 Å². The minimum atomic E-state index is -4.10. The number of halogens is 3. The van der Waals surface area contributed by atoms with Crippen LogP contribution < -0.4 is 5.32 Å². The molecule has 3 aromatic rings. The highest BCUT2D eigenvalue weighted by Gasteiger charge is 2.42. The molecule has 0 spiro atoms. The molecule has 1 amide bonds. The quantitative estimate of drug-likeness (QED) is 0.502. The molecule has 0 aliphatic rings. The Hall–Kier alpha value is -1.68. The highest BCUT2D eigenvalue weighted by Crippen LogP contribution is 2.54. The Kier molecular flexibility index (Phi) is 6.00. The zero-order valence-electron chi connectivity index (χ0n) is 14.7. The smallest absolute Gasteiger partial charge is 0.342 e. The molecule has 2 atom stereocenters. The van der Waals surface area contributed by atoms with Crippen LogP contribution in [0.3, 0.4) is 0 Å². The molecule has 0 radical (unpaired) electrons. The molecule has 0 saturated heterocycles. The van der Waals surface area contributed by atoms with Crippen LogP contribution in [0.15, 0.2) is 29.0 Å². The maximum Gasteiger partial charge on any atom is 0.353 e. The molecule has 0 fully saturated rings. The van der Waals surface area contributed by atoms with Crippen molar-refractivity contribution in [2.45, 2.75) is 25.1 Å². The summed E-state index contributed by atoms with van der Waals surface area (Å²) in [4.78, 5) is 25.3. The molecule has 150 valence electrons. The molecule has 2 unspecified atom stereocenters. The van der Waals surface area contributed by atoms with Crippen LogP contribution in [0.1, 0.15) is 40.4 Å². The zero-order chi connectivity index (χ0) is 20.6. The van der Waals surface area contributed by atoms with Crippen LogP contribution in [0.4, 0.5) is 8.78 Å². The predicted octanol–water partition coefficient (Wildman–Crippen LogP) is 4.19. The van der Waals surface area contributed by atoms with E-state index < -0.39 is 18.6 Å². The molecule has 2 aromatic heterocycles. The number of amides is 1. The molecule has 0 saturated carbocycles. The predicted molar refractivity (Wildman–Crippen MR) is 106 cm³/mol. The van der Waals surface area contributed by atoms with Crippen molar-refractivity contribution in [1.82, 2.24) is 20.1 Å². The van der Waals surface area contributed by atoms with E-state index >= 15 is 0 Å². The number of nitrogens with zero attached hydrogens (tertiary/aromatic N) is 3. The number of aryl methyl sites for hydroxylation is 1. The lowest BCUT2D eigenvalue weighted by atomic mass is 10.1. The van der Waals surface area contributed by atoms with Gasteiger partial charge in [0.05, 0.1) is 10.9 Å². The number of aromatic nitrogens is 3. The van der Waals surface area contributed by atoms with Gasteiger partial charge in [-0.3, -0.25) is 14.0 Å². The Balaban J connectivity index is 1.94. The lowest BCUT2D eigenvalue weighted by Crippen LogP contribution is -2.30. The first kappa shape index (κ1) is 21.0. The fourth-order valence-corrected chi connectivity index (χ4v) is 5.54. The summed E-state index contributed by atoms with van der Waals surface area (Å²) in [7, 11) is -2.38. The first-order chi connectivity index (χ1) is 13.2. The first-order valence-corrected chi connectivity index (χ1v) is 11.1. The number of rotatable bonds is 6. The third kappa shape index (κ3) is 3.76. The average Bonchev–Trinajstić information content (AvgIpc) is 3.23. The summed E-state index contributed by atoms with van der Waals surface area (Å²) in [5.74, 6) is 0.211. The lowest BCUT2D eigenvalue weighted by molar-refractivity contribution is 0.0849. The van der Waals surface area contributed by atoms with Gasteiger partial charge in [-0.25, -0.2) is 4.98 Å². The molecule has 12 heteroatoms. The molecule has 28 heavy (non-hydrogen) atoms. The molecule has 0 aliphatic carbocycles. The average molecular weight is 493 g/mol. The summed E-state index contributed by atoms with van der Waals surface area (Å²) in [6.07, 6.45) is 1.98. The third-order valence-electron chi connectivity index (χ3n) is 4.22. The minimum absolute atomic E-state index is 0.0138. The first-order valence-electron chi connectivity index (χ1n) is 8.15. The molecular formula is C16H16BrF2N4O3PS. The van der Waals surface area contributed by atoms with Gasteiger partial charge in [-0.15, -0.1) is 11.3 Å². The van der Waals surface area contributed by atoms with E-state index in [0.29, 0.717) is 33.7 Å². The van der Waals surface area contributed by atoms with Crippen molar-refractivity contribution in [3.05, 3.63) is 45.3 Å². The van der Waals surface area contributed by atoms with E-state index in [4.69, 9.17) is 4.89 Å². The van der Waals surface area contributed by atoms with Gasteiger partial charge < -0.3 is 10.2 Å². The Labute approximate surface area is 171 Å². The Bertz CT molecular complexity index is 1070. The molecular weight excluding hydrogens is 477 g/mol. The van der Waals surface area contributed by atoms with Crippen LogP contribution in [0.25, 0.3) is 10.1 Å². The third-order valence-corrected chi connectivity index (χ3v) is 7.51. The van der Waals surface area contributed by atoms with Crippen molar-refractivity contribution < 1.29 is 23.0 Å². The van der Waals surface area contributed by atoms with Crippen LogP contribution >= 0.6 is 35.3 Å². The second-order valence-electron chi connectivity index (χ2n) is 6.01. The monoisotopic (exact) mass is 492 g/mol. The van der Waals surface area contributed by atoms with E-state index in [9.17, 15) is 18.1 Å². The zero-order valence-corrected chi connectivity index (χ0v) is 18.1. The molecule has 0 aliphatic heterocycles. The van der Waals surface area contributed by atoms with Gasteiger partial charge in [-0.05, 0) is 40.5 Å². The van der Waals surface area contributed by atoms with E-state index in [2.05, 4.69) is 31.3 Å². The SMILES string of the molecule is CCC(NC(=O)c1ccc2sc(C(F)(F)[PH](=O)O)c(Br)c2c1)c1ncnn1C. The number of hydrogen-bond donors (Lipinski definition) is 2. The van der Waals surface area contributed by atoms with E-state index in [1.807, 2.05) is 6.92 Å². The minimum Gasteiger partial charge on any atom is -0.342 e. The topological polar surface area (TPSA) is 97.1 Å². The van der Waals surface area contributed by atoms with Crippen LogP contribution in [-0.2, 0) is 17.3 Å². The van der Waals surface area contributed by atoms with Crippen LogP contribution in [-0.4, -0.2) is 25.6 Å². The number of nitrogens with one attached hydrogen (secondary N) is 1. The van der Waals surface area contributed by atoms with Crippen molar-refractivity contribution in [3.63, 3.8) is 0 Å². The normalized spacial score (nSPS) is 14.2. The molecule has 3 rings (SSSR count). The number of thiophene rings is 1.